The van der Waals surface area contributed by atoms with Crippen LogP contribution in [0.25, 0.3) is 0 Å². The van der Waals surface area contributed by atoms with Crippen LogP contribution in [0.2, 0.25) is 10.0 Å². The van der Waals surface area contributed by atoms with Crippen LogP contribution in [0, 0.1) is 0 Å². The molecule has 0 heterocycles. The van der Waals surface area contributed by atoms with Crippen molar-refractivity contribution in [3.8, 4) is 11.5 Å². The summed E-state index contributed by atoms with van der Waals surface area (Å²) in [5, 5.41) is 3.41. The zero-order valence-corrected chi connectivity index (χ0v) is 20.0. The molecule has 1 N–H and O–H groups in total. The molecule has 0 aliphatic heterocycles. The number of halogens is 2. The van der Waals surface area contributed by atoms with Crippen LogP contribution in [0.1, 0.15) is 0 Å². The molecule has 3 rings (SSSR count). The Morgan fingerprint density at radius 2 is 1.64 bits per heavy atom. The fourth-order valence-corrected chi connectivity index (χ4v) is 4.68. The Bertz CT molecular complexity index is 1200. The maximum atomic E-state index is 13.3. The lowest BCUT2D eigenvalue weighted by Crippen LogP contribution is -2.41. The Morgan fingerprint density at radius 1 is 0.939 bits per heavy atom. The van der Waals surface area contributed by atoms with E-state index < -0.39 is 22.5 Å². The van der Waals surface area contributed by atoms with E-state index in [1.807, 2.05) is 6.07 Å². The lowest BCUT2D eigenvalue weighted by atomic mass is 10.3. The smallest absolute Gasteiger partial charge is 0.264 e. The normalized spacial score (nSPS) is 11.0. The summed E-state index contributed by atoms with van der Waals surface area (Å²) >= 11 is 11.9. The number of hydrogen-bond acceptors (Lipinski definition) is 5. The van der Waals surface area contributed by atoms with Gasteiger partial charge in [0.25, 0.3) is 10.0 Å². The van der Waals surface area contributed by atoms with E-state index in [2.05, 4.69) is 5.32 Å². The minimum atomic E-state index is -4.06. The van der Waals surface area contributed by atoms with Crippen molar-refractivity contribution < 1.29 is 22.7 Å². The van der Waals surface area contributed by atoms with E-state index in [-0.39, 0.29) is 23.7 Å². The van der Waals surface area contributed by atoms with Crippen molar-refractivity contribution in [2.45, 2.75) is 4.90 Å². The number of hydrogen-bond donors (Lipinski definition) is 1. The van der Waals surface area contributed by atoms with E-state index in [0.29, 0.717) is 21.5 Å². The minimum Gasteiger partial charge on any atom is -0.493 e. The lowest BCUT2D eigenvalue weighted by molar-refractivity contribution is -0.119. The second kappa shape index (κ2) is 11.3. The van der Waals surface area contributed by atoms with E-state index in [1.54, 1.807) is 36.4 Å². The average molecular weight is 509 g/mol. The number of rotatable bonds is 10. The fraction of sp³-hybridized carbons (Fsp3) is 0.174. The quantitative estimate of drug-likeness (QED) is 0.410. The van der Waals surface area contributed by atoms with Gasteiger partial charge in [0.1, 0.15) is 13.2 Å². The van der Waals surface area contributed by atoms with Crippen molar-refractivity contribution in [1.82, 2.24) is 5.32 Å². The molecule has 0 atom stereocenters. The van der Waals surface area contributed by atoms with Crippen LogP contribution in [0.5, 0.6) is 11.5 Å². The van der Waals surface area contributed by atoms with Gasteiger partial charge < -0.3 is 14.8 Å². The van der Waals surface area contributed by atoms with Gasteiger partial charge >= 0.3 is 0 Å². The summed E-state index contributed by atoms with van der Waals surface area (Å²) in [6.45, 7) is -0.103. The number of para-hydroxylation sites is 2. The summed E-state index contributed by atoms with van der Waals surface area (Å²) in [6.07, 6.45) is 0. The predicted octanol–water partition coefficient (Wildman–Crippen LogP) is 4.39. The molecule has 0 saturated carbocycles. The van der Waals surface area contributed by atoms with Crippen LogP contribution in [-0.4, -0.2) is 41.1 Å². The molecular weight excluding hydrogens is 487 g/mol. The van der Waals surface area contributed by atoms with Gasteiger partial charge in [-0.05, 0) is 54.6 Å². The molecule has 0 unspecified atom stereocenters. The first-order chi connectivity index (χ1) is 15.8. The molecule has 0 saturated heterocycles. The summed E-state index contributed by atoms with van der Waals surface area (Å²) < 4.78 is 38.4. The lowest BCUT2D eigenvalue weighted by Gasteiger charge is -2.24. The molecule has 3 aromatic carbocycles. The van der Waals surface area contributed by atoms with Gasteiger partial charge in [0, 0.05) is 10.0 Å². The van der Waals surface area contributed by atoms with E-state index in [4.69, 9.17) is 32.7 Å². The van der Waals surface area contributed by atoms with Gasteiger partial charge in [-0.25, -0.2) is 8.42 Å². The Balaban J connectivity index is 1.71. The summed E-state index contributed by atoms with van der Waals surface area (Å²) in [4.78, 5) is 12.6. The third-order valence-corrected chi connectivity index (χ3v) is 6.81. The standard InChI is InChI=1S/C23H22Cl2N2O5S/c1-31-21-7-2-3-8-22(21)32-14-13-26-23(28)16-27(19-6-4-5-18(25)15-19)33(29,30)20-11-9-17(24)10-12-20/h2-12,15H,13-14,16H2,1H3,(H,26,28). The topological polar surface area (TPSA) is 84.9 Å². The van der Waals surface area contributed by atoms with Crippen molar-refractivity contribution in [3.05, 3.63) is 82.8 Å². The third kappa shape index (κ3) is 6.54. The van der Waals surface area contributed by atoms with Gasteiger partial charge in [-0.3, -0.25) is 9.10 Å². The molecule has 1 amide bonds. The van der Waals surface area contributed by atoms with E-state index in [9.17, 15) is 13.2 Å². The highest BCUT2D eigenvalue weighted by atomic mass is 35.5. The van der Waals surface area contributed by atoms with E-state index in [0.717, 1.165) is 4.31 Å². The van der Waals surface area contributed by atoms with E-state index >= 15 is 0 Å². The highest BCUT2D eigenvalue weighted by Crippen LogP contribution is 2.27. The Morgan fingerprint density at radius 3 is 2.30 bits per heavy atom. The fourth-order valence-electron chi connectivity index (χ4n) is 2.96. The van der Waals surface area contributed by atoms with E-state index in [1.165, 1.54) is 37.4 Å². The number of carbonyl (C=O) groups is 1. The molecule has 33 heavy (non-hydrogen) atoms. The first kappa shape index (κ1) is 24.7. The number of anilines is 1. The predicted molar refractivity (Wildman–Crippen MR) is 129 cm³/mol. The zero-order valence-electron chi connectivity index (χ0n) is 17.7. The maximum absolute atomic E-state index is 13.3. The first-order valence-electron chi connectivity index (χ1n) is 9.87. The Labute approximate surface area is 202 Å². The molecule has 174 valence electrons. The number of methoxy groups -OCH3 is 1. The largest absolute Gasteiger partial charge is 0.493 e. The average Bonchev–Trinajstić information content (AvgIpc) is 2.80. The number of ether oxygens (including phenoxy) is 2. The zero-order chi connectivity index (χ0) is 23.8. The number of nitrogens with one attached hydrogen (secondary N) is 1. The summed E-state index contributed by atoms with van der Waals surface area (Å²) in [6, 6.07) is 19.1. The molecule has 0 aromatic heterocycles. The Kier molecular flexibility index (Phi) is 8.43. The molecule has 0 bridgehead atoms. The van der Waals surface area contributed by atoms with Crippen LogP contribution in [0.3, 0.4) is 0 Å². The highest BCUT2D eigenvalue weighted by Gasteiger charge is 2.27. The van der Waals surface area contributed by atoms with Crippen molar-refractivity contribution in [3.63, 3.8) is 0 Å². The number of benzene rings is 3. The van der Waals surface area contributed by atoms with Gasteiger partial charge in [-0.2, -0.15) is 0 Å². The summed E-state index contributed by atoms with van der Waals surface area (Å²) in [5.41, 5.74) is 0.262. The second-order valence-electron chi connectivity index (χ2n) is 6.79. The van der Waals surface area contributed by atoms with Crippen molar-refractivity contribution >= 4 is 44.8 Å². The monoisotopic (exact) mass is 508 g/mol. The van der Waals surface area contributed by atoms with Gasteiger partial charge in [0.05, 0.1) is 24.2 Å². The maximum Gasteiger partial charge on any atom is 0.264 e. The number of amides is 1. The van der Waals surface area contributed by atoms with Crippen LogP contribution >= 0.6 is 23.2 Å². The van der Waals surface area contributed by atoms with Crippen LogP contribution in [0.4, 0.5) is 5.69 Å². The van der Waals surface area contributed by atoms with Crippen LogP contribution in [0.15, 0.2) is 77.7 Å². The van der Waals surface area contributed by atoms with Crippen LogP contribution in [-0.2, 0) is 14.8 Å². The van der Waals surface area contributed by atoms with Gasteiger partial charge in [-0.15, -0.1) is 0 Å². The first-order valence-corrected chi connectivity index (χ1v) is 12.1. The molecule has 10 heteroatoms. The van der Waals surface area contributed by atoms with Crippen molar-refractivity contribution in [1.29, 1.82) is 0 Å². The molecule has 0 aliphatic rings. The van der Waals surface area contributed by atoms with Crippen molar-refractivity contribution in [2.75, 3.05) is 31.1 Å². The summed E-state index contributed by atoms with van der Waals surface area (Å²) in [7, 11) is -2.52. The molecule has 0 fully saturated rings. The molecule has 7 nitrogen and oxygen atoms in total. The van der Waals surface area contributed by atoms with Gasteiger partial charge in [0.15, 0.2) is 11.5 Å². The van der Waals surface area contributed by atoms with Crippen molar-refractivity contribution in [2.24, 2.45) is 0 Å². The second-order valence-corrected chi connectivity index (χ2v) is 9.53. The molecule has 0 spiro atoms. The highest BCUT2D eigenvalue weighted by molar-refractivity contribution is 7.92. The molecule has 3 aromatic rings. The third-order valence-electron chi connectivity index (χ3n) is 4.54. The number of sulfonamides is 1. The van der Waals surface area contributed by atoms with Crippen LogP contribution < -0.4 is 19.1 Å². The summed E-state index contributed by atoms with van der Waals surface area (Å²) in [5.74, 6) is 0.612. The number of nitrogens with zero attached hydrogens (tertiary/aromatic N) is 1. The number of carbonyl (C=O) groups excluding carboxylic acids is 1. The van der Waals surface area contributed by atoms with Gasteiger partial charge in [-0.1, -0.05) is 41.4 Å². The van der Waals surface area contributed by atoms with Gasteiger partial charge in [0.2, 0.25) is 5.91 Å². The molecular formula is C23H22Cl2N2O5S. The SMILES string of the molecule is COc1ccccc1OCCNC(=O)CN(c1cccc(Cl)c1)S(=O)(=O)c1ccc(Cl)cc1. The molecule has 0 radical (unpaired) electrons. The Hall–Kier alpha value is -2.94. The molecule has 0 aliphatic carbocycles. The minimum absolute atomic E-state index is 0.000758.